The number of hydrogen-bond donors (Lipinski definition) is 1. The highest BCUT2D eigenvalue weighted by Crippen LogP contribution is 2.10. The fourth-order valence-corrected chi connectivity index (χ4v) is 2.03. The number of hydrogen-bond acceptors (Lipinski definition) is 3. The van der Waals surface area contributed by atoms with E-state index in [0.29, 0.717) is 0 Å². The lowest BCUT2D eigenvalue weighted by atomic mass is 10.2. The Kier molecular flexibility index (Phi) is 3.24. The van der Waals surface area contributed by atoms with Crippen molar-refractivity contribution in [1.29, 1.82) is 0 Å². The molecular weight excluding hydrogens is 204 g/mol. The molecule has 5 heteroatoms. The molecular formula is C11H18N4O. The number of amides is 1. The average molecular weight is 222 g/mol. The first-order valence-corrected chi connectivity index (χ1v) is 5.68. The molecule has 0 atom stereocenters. The second-order valence-electron chi connectivity index (χ2n) is 4.20. The molecule has 0 unspecified atom stereocenters. The Morgan fingerprint density at radius 3 is 2.94 bits per heavy atom. The molecule has 2 heterocycles. The fourth-order valence-electron chi connectivity index (χ4n) is 2.03. The number of nitrogens with one attached hydrogen (secondary N) is 1. The van der Waals surface area contributed by atoms with Gasteiger partial charge in [-0.05, 0) is 19.9 Å². The number of nitrogens with zero attached hydrogens (tertiary/aromatic N) is 3. The van der Waals surface area contributed by atoms with Crippen molar-refractivity contribution >= 4 is 5.91 Å². The van der Waals surface area contributed by atoms with Crippen LogP contribution in [0.25, 0.3) is 0 Å². The molecule has 5 nitrogen and oxygen atoms in total. The van der Waals surface area contributed by atoms with Crippen molar-refractivity contribution in [1.82, 2.24) is 20.0 Å². The van der Waals surface area contributed by atoms with Gasteiger partial charge in [0.15, 0.2) is 0 Å². The first kappa shape index (κ1) is 11.1. The van der Waals surface area contributed by atoms with E-state index in [9.17, 15) is 4.79 Å². The lowest BCUT2D eigenvalue weighted by molar-refractivity contribution is 0.0765. The van der Waals surface area contributed by atoms with Crippen LogP contribution in [0.4, 0.5) is 0 Å². The van der Waals surface area contributed by atoms with Crippen LogP contribution in [0.3, 0.4) is 0 Å². The second kappa shape index (κ2) is 4.65. The Morgan fingerprint density at radius 2 is 2.25 bits per heavy atom. The van der Waals surface area contributed by atoms with E-state index < -0.39 is 0 Å². The van der Waals surface area contributed by atoms with E-state index in [2.05, 4.69) is 10.4 Å². The van der Waals surface area contributed by atoms with Crippen molar-refractivity contribution in [2.24, 2.45) is 7.05 Å². The molecule has 16 heavy (non-hydrogen) atoms. The number of aromatic nitrogens is 2. The number of aryl methyl sites for hydroxylation is 2. The molecule has 1 aromatic heterocycles. The summed E-state index contributed by atoms with van der Waals surface area (Å²) in [7, 11) is 1.84. The predicted octanol–water partition coefficient (Wildman–Crippen LogP) is 0.164. The van der Waals surface area contributed by atoms with E-state index in [4.69, 9.17) is 0 Å². The third-order valence-corrected chi connectivity index (χ3v) is 2.87. The standard InChI is InChI=1S/C11H18N4O/c1-9-10(8-14(2)13-9)11(16)15-6-3-4-12-5-7-15/h8,12H,3-7H2,1-2H3. The lowest BCUT2D eigenvalue weighted by Gasteiger charge is -2.19. The summed E-state index contributed by atoms with van der Waals surface area (Å²) < 4.78 is 1.69. The van der Waals surface area contributed by atoms with Crippen molar-refractivity contribution in [3.8, 4) is 0 Å². The minimum Gasteiger partial charge on any atom is -0.337 e. The lowest BCUT2D eigenvalue weighted by Crippen LogP contribution is -2.34. The highest BCUT2D eigenvalue weighted by molar-refractivity contribution is 5.95. The van der Waals surface area contributed by atoms with Crippen molar-refractivity contribution in [3.63, 3.8) is 0 Å². The molecule has 0 saturated carbocycles. The average Bonchev–Trinajstić information content (AvgIpc) is 2.49. The molecule has 0 aromatic carbocycles. The minimum atomic E-state index is 0.106. The maximum absolute atomic E-state index is 12.2. The maximum atomic E-state index is 12.2. The molecule has 1 saturated heterocycles. The SMILES string of the molecule is Cc1nn(C)cc1C(=O)N1CCCNCC1. The Bertz CT molecular complexity index is 377. The molecule has 0 bridgehead atoms. The molecule has 1 aliphatic rings. The number of carbonyl (C=O) groups is 1. The summed E-state index contributed by atoms with van der Waals surface area (Å²) in [5, 5.41) is 7.49. The summed E-state index contributed by atoms with van der Waals surface area (Å²) >= 11 is 0. The number of rotatable bonds is 1. The van der Waals surface area contributed by atoms with Gasteiger partial charge in [0.2, 0.25) is 0 Å². The van der Waals surface area contributed by atoms with E-state index >= 15 is 0 Å². The first-order valence-electron chi connectivity index (χ1n) is 5.68. The molecule has 0 aliphatic carbocycles. The Labute approximate surface area is 95.4 Å². The van der Waals surface area contributed by atoms with Crippen LogP contribution in [0.5, 0.6) is 0 Å². The molecule has 0 radical (unpaired) electrons. The van der Waals surface area contributed by atoms with Gasteiger partial charge in [-0.3, -0.25) is 9.48 Å². The fraction of sp³-hybridized carbons (Fsp3) is 0.636. The third kappa shape index (κ3) is 2.24. The number of carbonyl (C=O) groups excluding carboxylic acids is 1. The monoisotopic (exact) mass is 222 g/mol. The van der Waals surface area contributed by atoms with Crippen LogP contribution in [0.15, 0.2) is 6.20 Å². The molecule has 1 aliphatic heterocycles. The molecule has 1 amide bonds. The minimum absolute atomic E-state index is 0.106. The third-order valence-electron chi connectivity index (χ3n) is 2.87. The zero-order valence-corrected chi connectivity index (χ0v) is 9.86. The van der Waals surface area contributed by atoms with Crippen molar-refractivity contribution in [3.05, 3.63) is 17.5 Å². The van der Waals surface area contributed by atoms with Crippen LogP contribution in [-0.4, -0.2) is 46.8 Å². The van der Waals surface area contributed by atoms with Gasteiger partial charge in [0.25, 0.3) is 5.91 Å². The van der Waals surface area contributed by atoms with Gasteiger partial charge in [-0.15, -0.1) is 0 Å². The van der Waals surface area contributed by atoms with Gasteiger partial charge in [-0.1, -0.05) is 0 Å². The predicted molar refractivity (Wildman–Crippen MR) is 61.3 cm³/mol. The van der Waals surface area contributed by atoms with Crippen LogP contribution in [0.1, 0.15) is 22.5 Å². The maximum Gasteiger partial charge on any atom is 0.257 e. The van der Waals surface area contributed by atoms with Crippen molar-refractivity contribution in [2.45, 2.75) is 13.3 Å². The smallest absolute Gasteiger partial charge is 0.257 e. The van der Waals surface area contributed by atoms with Gasteiger partial charge in [0, 0.05) is 32.9 Å². The Hall–Kier alpha value is -1.36. The largest absolute Gasteiger partial charge is 0.337 e. The van der Waals surface area contributed by atoms with Gasteiger partial charge in [0.1, 0.15) is 0 Å². The van der Waals surface area contributed by atoms with Crippen LogP contribution >= 0.6 is 0 Å². The highest BCUT2D eigenvalue weighted by atomic mass is 16.2. The molecule has 1 aromatic rings. The van der Waals surface area contributed by atoms with Crippen molar-refractivity contribution < 1.29 is 4.79 Å². The summed E-state index contributed by atoms with van der Waals surface area (Å²) in [4.78, 5) is 14.1. The summed E-state index contributed by atoms with van der Waals surface area (Å²) in [6.45, 7) is 5.37. The van der Waals surface area contributed by atoms with Gasteiger partial charge in [-0.2, -0.15) is 5.10 Å². The molecule has 0 spiro atoms. The summed E-state index contributed by atoms with van der Waals surface area (Å²) in [6, 6.07) is 0. The second-order valence-corrected chi connectivity index (χ2v) is 4.20. The molecule has 2 rings (SSSR count). The Balaban J connectivity index is 2.14. The molecule has 1 fully saturated rings. The van der Waals surface area contributed by atoms with E-state index in [1.807, 2.05) is 18.9 Å². The van der Waals surface area contributed by atoms with Crippen LogP contribution in [0.2, 0.25) is 0 Å². The van der Waals surface area contributed by atoms with Gasteiger partial charge in [-0.25, -0.2) is 0 Å². The van der Waals surface area contributed by atoms with E-state index in [-0.39, 0.29) is 5.91 Å². The molecule has 1 N–H and O–H groups in total. The van der Waals surface area contributed by atoms with Gasteiger partial charge in [0.05, 0.1) is 11.3 Å². The summed E-state index contributed by atoms with van der Waals surface area (Å²) in [5.41, 5.74) is 1.54. The zero-order chi connectivity index (χ0) is 11.5. The van der Waals surface area contributed by atoms with Gasteiger partial charge < -0.3 is 10.2 Å². The van der Waals surface area contributed by atoms with E-state index in [0.717, 1.165) is 43.9 Å². The molecule has 88 valence electrons. The van der Waals surface area contributed by atoms with E-state index in [1.165, 1.54) is 0 Å². The topological polar surface area (TPSA) is 50.2 Å². The van der Waals surface area contributed by atoms with Crippen LogP contribution in [0, 0.1) is 6.92 Å². The van der Waals surface area contributed by atoms with Gasteiger partial charge >= 0.3 is 0 Å². The summed E-state index contributed by atoms with van der Waals surface area (Å²) in [5.74, 6) is 0.106. The first-order chi connectivity index (χ1) is 7.68. The highest BCUT2D eigenvalue weighted by Gasteiger charge is 2.20. The quantitative estimate of drug-likeness (QED) is 0.736. The van der Waals surface area contributed by atoms with Crippen LogP contribution < -0.4 is 5.32 Å². The summed E-state index contributed by atoms with van der Waals surface area (Å²) in [6.07, 6.45) is 2.82. The van der Waals surface area contributed by atoms with Crippen LogP contribution in [-0.2, 0) is 7.05 Å². The Morgan fingerprint density at radius 1 is 1.44 bits per heavy atom. The zero-order valence-electron chi connectivity index (χ0n) is 9.86. The normalized spacial score (nSPS) is 17.2. The van der Waals surface area contributed by atoms with Crippen molar-refractivity contribution in [2.75, 3.05) is 26.2 Å². The van der Waals surface area contributed by atoms with E-state index in [1.54, 1.807) is 10.9 Å².